The van der Waals surface area contributed by atoms with Crippen LogP contribution in [0.1, 0.15) is 27.2 Å². The summed E-state index contributed by atoms with van der Waals surface area (Å²) in [5.41, 5.74) is 0.900. The molecule has 0 spiro atoms. The highest BCUT2D eigenvalue weighted by atomic mass is 16.7. The van der Waals surface area contributed by atoms with E-state index < -0.39 is 18.2 Å². The number of cyclic esters (lactones) is 2. The zero-order valence-electron chi connectivity index (χ0n) is 11.8. The fourth-order valence-corrected chi connectivity index (χ4v) is 1.93. The Hall–Kier alpha value is -2.04. The Balaban J connectivity index is 2.10. The molecule has 3 unspecified atom stereocenters. The molecular weight excluding hydrogens is 260 g/mol. The molecule has 0 bridgehead atoms. The lowest BCUT2D eigenvalue weighted by atomic mass is 10.00. The number of allylic oxidation sites excluding steroid dienone is 1. The maximum absolute atomic E-state index is 12.0. The van der Waals surface area contributed by atoms with Gasteiger partial charge in [0.05, 0.1) is 11.8 Å². The van der Waals surface area contributed by atoms with Crippen LogP contribution in [0, 0.1) is 5.92 Å². The van der Waals surface area contributed by atoms with Crippen LogP contribution in [0.25, 0.3) is 0 Å². The largest absolute Gasteiger partial charge is 0.459 e. The molecule has 20 heavy (non-hydrogen) atoms. The number of ether oxygens (including phenoxy) is 3. The monoisotopic (exact) mass is 278 g/mol. The van der Waals surface area contributed by atoms with Gasteiger partial charge < -0.3 is 14.2 Å². The molecule has 2 aliphatic rings. The number of carbonyl (C=O) groups excluding carboxylic acids is 2. The molecule has 0 amide bonds. The molecule has 0 N–H and O–H groups in total. The van der Waals surface area contributed by atoms with Gasteiger partial charge in [0.2, 0.25) is 0 Å². The van der Waals surface area contributed by atoms with E-state index in [0.717, 1.165) is 0 Å². The van der Waals surface area contributed by atoms with Crippen LogP contribution in [0.15, 0.2) is 35.6 Å². The topological polar surface area (TPSA) is 61.8 Å². The standard InChI is InChI=1S/C15H18O5/c1-9-5-4-6-11(3)19-15(17)12(9)8-18-13-7-10(2)14(16)20-13/h4-5,7-9,11,13H,6H2,1-3H3/b5-4-,12-8+. The van der Waals surface area contributed by atoms with Crippen molar-refractivity contribution in [1.82, 2.24) is 0 Å². The summed E-state index contributed by atoms with van der Waals surface area (Å²) in [5.74, 6) is -0.924. The summed E-state index contributed by atoms with van der Waals surface area (Å²) in [6.45, 7) is 5.36. The van der Waals surface area contributed by atoms with Crippen LogP contribution >= 0.6 is 0 Å². The Bertz CT molecular complexity index is 500. The van der Waals surface area contributed by atoms with E-state index >= 15 is 0 Å². The van der Waals surface area contributed by atoms with Gasteiger partial charge in [0.15, 0.2) is 0 Å². The van der Waals surface area contributed by atoms with E-state index in [-0.39, 0.29) is 12.0 Å². The predicted molar refractivity (Wildman–Crippen MR) is 71.3 cm³/mol. The molecule has 2 aliphatic heterocycles. The van der Waals surface area contributed by atoms with Gasteiger partial charge in [0, 0.05) is 24.0 Å². The first kappa shape index (κ1) is 14.4. The Labute approximate surface area is 117 Å². The van der Waals surface area contributed by atoms with Crippen molar-refractivity contribution in [3.63, 3.8) is 0 Å². The minimum atomic E-state index is -0.776. The first-order chi connectivity index (χ1) is 9.47. The summed E-state index contributed by atoms with van der Waals surface area (Å²) in [6, 6.07) is 0. The maximum Gasteiger partial charge on any atom is 0.338 e. The summed E-state index contributed by atoms with van der Waals surface area (Å²) in [4.78, 5) is 23.2. The number of rotatable bonds is 2. The zero-order chi connectivity index (χ0) is 14.7. The summed E-state index contributed by atoms with van der Waals surface area (Å²) in [7, 11) is 0. The number of carbonyl (C=O) groups is 2. The van der Waals surface area contributed by atoms with Gasteiger partial charge >= 0.3 is 11.9 Å². The number of esters is 2. The van der Waals surface area contributed by atoms with Crippen molar-refractivity contribution in [2.45, 2.75) is 39.6 Å². The van der Waals surface area contributed by atoms with Crippen molar-refractivity contribution in [1.29, 1.82) is 0 Å². The highest BCUT2D eigenvalue weighted by Crippen LogP contribution is 2.21. The fraction of sp³-hybridized carbons (Fsp3) is 0.467. The molecule has 0 aliphatic carbocycles. The SMILES string of the molecule is CC1=CC(O/C=C2/C(=O)OC(C)C/C=C\C2C)OC1=O. The second kappa shape index (κ2) is 5.94. The fourth-order valence-electron chi connectivity index (χ4n) is 1.93. The predicted octanol–water partition coefficient (Wildman–Crippen LogP) is 2.24. The first-order valence-corrected chi connectivity index (χ1v) is 6.60. The van der Waals surface area contributed by atoms with E-state index in [1.54, 1.807) is 13.0 Å². The lowest BCUT2D eigenvalue weighted by Crippen LogP contribution is -2.21. The van der Waals surface area contributed by atoms with E-state index in [9.17, 15) is 9.59 Å². The van der Waals surface area contributed by atoms with E-state index in [1.165, 1.54) is 6.26 Å². The van der Waals surface area contributed by atoms with Gasteiger partial charge in [-0.25, -0.2) is 9.59 Å². The summed E-state index contributed by atoms with van der Waals surface area (Å²) >= 11 is 0. The Morgan fingerprint density at radius 3 is 2.65 bits per heavy atom. The van der Waals surface area contributed by atoms with Gasteiger partial charge in [-0.1, -0.05) is 19.1 Å². The average Bonchev–Trinajstić information content (AvgIpc) is 2.67. The normalized spacial score (nSPS) is 33.9. The van der Waals surface area contributed by atoms with Crippen molar-refractivity contribution >= 4 is 11.9 Å². The van der Waals surface area contributed by atoms with Crippen LogP contribution < -0.4 is 0 Å². The molecular formula is C15H18O5. The van der Waals surface area contributed by atoms with Gasteiger partial charge in [-0.15, -0.1) is 0 Å². The number of hydrogen-bond donors (Lipinski definition) is 0. The highest BCUT2D eigenvalue weighted by molar-refractivity contribution is 5.90. The lowest BCUT2D eigenvalue weighted by Gasteiger charge is -2.19. The Kier molecular flexibility index (Phi) is 4.27. The van der Waals surface area contributed by atoms with Gasteiger partial charge in [-0.05, 0) is 13.8 Å². The van der Waals surface area contributed by atoms with Crippen LogP contribution in [-0.4, -0.2) is 24.3 Å². The van der Waals surface area contributed by atoms with Crippen LogP contribution in [0.2, 0.25) is 0 Å². The third-order valence-electron chi connectivity index (χ3n) is 3.19. The summed E-state index contributed by atoms with van der Waals surface area (Å²) in [6.07, 6.45) is 6.57. The second-order valence-electron chi connectivity index (χ2n) is 5.00. The quantitative estimate of drug-likeness (QED) is 0.335. The molecule has 0 aromatic carbocycles. The maximum atomic E-state index is 12.0. The van der Waals surface area contributed by atoms with Gasteiger partial charge in [-0.2, -0.15) is 0 Å². The molecule has 0 fully saturated rings. The highest BCUT2D eigenvalue weighted by Gasteiger charge is 2.25. The molecule has 2 heterocycles. The summed E-state index contributed by atoms with van der Waals surface area (Å²) < 4.78 is 15.6. The minimum Gasteiger partial charge on any atom is -0.459 e. The van der Waals surface area contributed by atoms with E-state index in [2.05, 4.69) is 0 Å². The number of hydrogen-bond acceptors (Lipinski definition) is 5. The molecule has 2 rings (SSSR count). The van der Waals surface area contributed by atoms with E-state index in [4.69, 9.17) is 14.2 Å². The lowest BCUT2D eigenvalue weighted by molar-refractivity contribution is -0.152. The smallest absolute Gasteiger partial charge is 0.338 e. The van der Waals surface area contributed by atoms with Gasteiger partial charge in [-0.3, -0.25) is 0 Å². The van der Waals surface area contributed by atoms with Crippen LogP contribution in [0.3, 0.4) is 0 Å². The van der Waals surface area contributed by atoms with Crippen LogP contribution in [0.4, 0.5) is 0 Å². The molecule has 3 atom stereocenters. The Morgan fingerprint density at radius 1 is 1.25 bits per heavy atom. The van der Waals surface area contributed by atoms with Gasteiger partial charge in [0.25, 0.3) is 6.29 Å². The van der Waals surface area contributed by atoms with Crippen molar-refractivity contribution in [2.24, 2.45) is 5.92 Å². The molecule has 0 aromatic rings. The summed E-state index contributed by atoms with van der Waals surface area (Å²) in [5, 5.41) is 0. The van der Waals surface area contributed by atoms with Crippen molar-refractivity contribution < 1.29 is 23.8 Å². The molecule has 0 radical (unpaired) electrons. The third-order valence-corrected chi connectivity index (χ3v) is 3.19. The molecule has 0 aromatic heterocycles. The van der Waals surface area contributed by atoms with Gasteiger partial charge in [0.1, 0.15) is 6.10 Å². The first-order valence-electron chi connectivity index (χ1n) is 6.60. The zero-order valence-corrected chi connectivity index (χ0v) is 11.8. The van der Waals surface area contributed by atoms with Crippen molar-refractivity contribution in [2.75, 3.05) is 0 Å². The molecule has 108 valence electrons. The van der Waals surface area contributed by atoms with E-state index in [1.807, 2.05) is 26.0 Å². The molecule has 0 saturated carbocycles. The van der Waals surface area contributed by atoms with Crippen molar-refractivity contribution in [3.8, 4) is 0 Å². The molecule has 5 heteroatoms. The molecule has 0 saturated heterocycles. The van der Waals surface area contributed by atoms with Crippen molar-refractivity contribution in [3.05, 3.63) is 35.6 Å². The average molecular weight is 278 g/mol. The molecule has 5 nitrogen and oxygen atoms in total. The van der Waals surface area contributed by atoms with E-state index in [0.29, 0.717) is 17.6 Å². The Morgan fingerprint density at radius 2 is 2.00 bits per heavy atom. The minimum absolute atomic E-state index is 0.114. The van der Waals surface area contributed by atoms with Crippen LogP contribution in [-0.2, 0) is 23.8 Å². The second-order valence-corrected chi connectivity index (χ2v) is 5.00. The third kappa shape index (κ3) is 3.29. The van der Waals surface area contributed by atoms with Crippen LogP contribution in [0.5, 0.6) is 0 Å².